The van der Waals surface area contributed by atoms with Crippen LogP contribution in [0.25, 0.3) is 32.7 Å². The zero-order valence-electron chi connectivity index (χ0n) is 34.6. The van der Waals surface area contributed by atoms with E-state index in [1.165, 1.54) is 11.1 Å². The summed E-state index contributed by atoms with van der Waals surface area (Å²) in [5, 5.41) is 4.37. The summed E-state index contributed by atoms with van der Waals surface area (Å²) in [5.41, 5.74) is 5.14. The van der Waals surface area contributed by atoms with Gasteiger partial charge in [0.1, 0.15) is 0 Å². The van der Waals surface area contributed by atoms with E-state index in [-0.39, 0.29) is 26.9 Å². The SMILES string of the molecule is COc1ccc(P(O)(O)(O)c2cc3ccc(C(C)(C)C)cc3cc2C(C)(C)C)c(C(C)(C)C)c1-c1cc2ccc(C(C)(C)C)cc2cc1C(C)(C)C. The molecule has 0 radical (unpaired) electrons. The zero-order valence-corrected chi connectivity index (χ0v) is 35.5. The van der Waals surface area contributed by atoms with Gasteiger partial charge in [-0.25, -0.2) is 0 Å². The Morgan fingerprint density at radius 3 is 1.33 bits per heavy atom. The van der Waals surface area contributed by atoms with Gasteiger partial charge in [0, 0.05) is 0 Å². The summed E-state index contributed by atoms with van der Waals surface area (Å²) in [5.74, 6) is 0.612. The Kier molecular flexibility index (Phi) is 9.51. The van der Waals surface area contributed by atoms with Crippen molar-refractivity contribution in [2.75, 3.05) is 7.11 Å². The van der Waals surface area contributed by atoms with Gasteiger partial charge in [-0.05, 0) is 0 Å². The van der Waals surface area contributed by atoms with Crippen molar-refractivity contribution in [1.29, 1.82) is 0 Å². The third-order valence-electron chi connectivity index (χ3n) is 10.6. The summed E-state index contributed by atoms with van der Waals surface area (Å²) < 4.78 is 6.13. The Morgan fingerprint density at radius 1 is 0.442 bits per heavy atom. The molecule has 0 saturated carbocycles. The first-order chi connectivity index (χ1) is 23.4. The number of hydrogen-bond acceptors (Lipinski definition) is 4. The van der Waals surface area contributed by atoms with E-state index in [1.54, 1.807) is 25.3 Å². The Hall–Kier alpha value is -3.27. The van der Waals surface area contributed by atoms with Crippen LogP contribution in [0.2, 0.25) is 0 Å². The minimum absolute atomic E-state index is 0.000637. The standard InChI is InChI=1S/C47H63O4P/c1-43(2,3)33-19-17-29-25-35(36(45(7,8)9)26-31(29)23-33)41-38(51-16)21-22-39(42(41)47(13,14)15)52(48,49,50)40-28-30-18-20-34(44(4,5)6)24-32(30)27-37(40)46(10,11)12/h17-28,48-50H,1-16H3. The maximum atomic E-state index is 12.9. The van der Waals surface area contributed by atoms with Crippen molar-refractivity contribution in [1.82, 2.24) is 0 Å². The van der Waals surface area contributed by atoms with Crippen molar-refractivity contribution in [3.8, 4) is 16.9 Å². The Balaban J connectivity index is 1.93. The Bertz CT molecular complexity index is 2180. The fourth-order valence-corrected chi connectivity index (χ4v) is 10.2. The van der Waals surface area contributed by atoms with Crippen LogP contribution in [-0.2, 0) is 27.1 Å². The van der Waals surface area contributed by atoms with Crippen molar-refractivity contribution in [2.45, 2.75) is 131 Å². The molecule has 0 aliphatic heterocycles. The van der Waals surface area contributed by atoms with Gasteiger partial charge in [0.05, 0.1) is 0 Å². The van der Waals surface area contributed by atoms with Gasteiger partial charge in [-0.1, -0.05) is 0 Å². The van der Waals surface area contributed by atoms with Crippen molar-refractivity contribution in [3.63, 3.8) is 0 Å². The van der Waals surface area contributed by atoms with Crippen LogP contribution < -0.4 is 15.3 Å². The van der Waals surface area contributed by atoms with Gasteiger partial charge in [0.2, 0.25) is 0 Å². The quantitative estimate of drug-likeness (QED) is 0.162. The molecule has 280 valence electrons. The van der Waals surface area contributed by atoms with E-state index in [0.717, 1.165) is 38.2 Å². The van der Waals surface area contributed by atoms with Crippen LogP contribution in [0.1, 0.15) is 132 Å². The third-order valence-corrected chi connectivity index (χ3v) is 13.1. The molecule has 0 bridgehead atoms. The summed E-state index contributed by atoms with van der Waals surface area (Å²) in [6.07, 6.45) is 0. The van der Waals surface area contributed by atoms with Crippen LogP contribution >= 0.6 is 7.28 Å². The van der Waals surface area contributed by atoms with E-state index < -0.39 is 18.1 Å². The summed E-state index contributed by atoms with van der Waals surface area (Å²) in [7, 11) is -4.20. The van der Waals surface area contributed by atoms with Crippen LogP contribution in [0.5, 0.6) is 5.75 Å². The van der Waals surface area contributed by atoms with E-state index in [4.69, 9.17) is 4.74 Å². The van der Waals surface area contributed by atoms with E-state index in [0.29, 0.717) is 16.9 Å². The van der Waals surface area contributed by atoms with Gasteiger partial charge in [-0.2, -0.15) is 0 Å². The number of hydrogen-bond donors (Lipinski definition) is 3. The van der Waals surface area contributed by atoms with Crippen molar-refractivity contribution < 1.29 is 19.4 Å². The minimum atomic E-state index is -5.85. The van der Waals surface area contributed by atoms with Crippen LogP contribution in [0, 0.1) is 0 Å². The monoisotopic (exact) mass is 722 g/mol. The first kappa shape index (κ1) is 39.9. The summed E-state index contributed by atoms with van der Waals surface area (Å²) >= 11 is 0. The molecular weight excluding hydrogens is 659 g/mol. The second-order valence-corrected chi connectivity index (χ2v) is 23.1. The van der Waals surface area contributed by atoms with Crippen LogP contribution in [0.15, 0.2) is 72.8 Å². The molecule has 5 aromatic carbocycles. The van der Waals surface area contributed by atoms with Gasteiger partial charge < -0.3 is 0 Å². The molecule has 5 heteroatoms. The molecule has 0 amide bonds. The van der Waals surface area contributed by atoms with Gasteiger partial charge in [0.15, 0.2) is 0 Å². The summed E-state index contributed by atoms with van der Waals surface area (Å²) in [6, 6.07) is 24.8. The van der Waals surface area contributed by atoms with Crippen molar-refractivity contribution in [2.24, 2.45) is 0 Å². The molecule has 0 saturated heterocycles. The first-order valence-electron chi connectivity index (χ1n) is 18.6. The van der Waals surface area contributed by atoms with E-state index in [2.05, 4.69) is 146 Å². The molecule has 5 rings (SSSR count). The molecule has 0 atom stereocenters. The van der Waals surface area contributed by atoms with Crippen LogP contribution in [-0.4, -0.2) is 21.8 Å². The van der Waals surface area contributed by atoms with Crippen molar-refractivity contribution >= 4 is 39.4 Å². The summed E-state index contributed by atoms with van der Waals surface area (Å²) in [4.78, 5) is 38.7. The first-order valence-corrected chi connectivity index (χ1v) is 20.7. The molecule has 4 nitrogen and oxygen atoms in total. The summed E-state index contributed by atoms with van der Waals surface area (Å²) in [6.45, 7) is 32.2. The molecule has 0 heterocycles. The molecule has 3 N–H and O–H groups in total. The number of rotatable bonds is 4. The normalized spacial score (nSPS) is 14.5. The van der Waals surface area contributed by atoms with Crippen molar-refractivity contribution in [3.05, 3.63) is 101 Å². The van der Waals surface area contributed by atoms with Crippen LogP contribution in [0.3, 0.4) is 0 Å². The molecule has 0 unspecified atom stereocenters. The molecular formula is C47H63O4P. The predicted octanol–water partition coefficient (Wildman–Crippen LogP) is 11.4. The van der Waals surface area contributed by atoms with Crippen LogP contribution in [0.4, 0.5) is 0 Å². The molecule has 0 aliphatic rings. The Morgan fingerprint density at radius 2 is 0.904 bits per heavy atom. The van der Waals surface area contributed by atoms with E-state index in [1.807, 2.05) is 12.1 Å². The maximum absolute atomic E-state index is 12.9. The predicted molar refractivity (Wildman–Crippen MR) is 226 cm³/mol. The third kappa shape index (κ3) is 7.30. The van der Waals surface area contributed by atoms with Gasteiger partial charge in [0.25, 0.3) is 0 Å². The zero-order chi connectivity index (χ0) is 39.2. The molecule has 0 spiro atoms. The fraction of sp³-hybridized carbons (Fsp3) is 0.447. The average molecular weight is 723 g/mol. The second-order valence-electron chi connectivity index (χ2n) is 20.2. The van der Waals surface area contributed by atoms with E-state index >= 15 is 0 Å². The second kappa shape index (κ2) is 12.4. The molecule has 5 aromatic rings. The molecule has 52 heavy (non-hydrogen) atoms. The molecule has 0 aliphatic carbocycles. The number of benzene rings is 5. The number of ether oxygens (including phenoxy) is 1. The Labute approximate surface area is 313 Å². The van der Waals surface area contributed by atoms with Gasteiger partial charge >= 0.3 is 314 Å². The van der Waals surface area contributed by atoms with Gasteiger partial charge in [-0.15, -0.1) is 0 Å². The topological polar surface area (TPSA) is 69.9 Å². The fourth-order valence-electron chi connectivity index (χ4n) is 7.53. The number of methoxy groups -OCH3 is 1. The molecule has 0 fully saturated rings. The van der Waals surface area contributed by atoms with E-state index in [9.17, 15) is 14.7 Å². The van der Waals surface area contributed by atoms with Gasteiger partial charge in [-0.3, -0.25) is 0 Å². The number of fused-ring (bicyclic) bond motifs is 2. The average Bonchev–Trinajstić information content (AvgIpc) is 2.99. The molecule has 0 aromatic heterocycles.